The Hall–Kier alpha value is -3.69. The minimum Gasteiger partial charge on any atom is -0.350 e. The third-order valence-electron chi connectivity index (χ3n) is 4.85. The van der Waals surface area contributed by atoms with E-state index in [4.69, 9.17) is 0 Å². The molecule has 10 heteroatoms. The van der Waals surface area contributed by atoms with Crippen molar-refractivity contribution in [3.8, 4) is 5.69 Å². The molecule has 0 spiro atoms. The molecule has 0 atom stereocenters. The second kappa shape index (κ2) is 9.43. The van der Waals surface area contributed by atoms with E-state index in [1.54, 1.807) is 24.3 Å². The van der Waals surface area contributed by atoms with Crippen LogP contribution in [0.4, 0.5) is 13.2 Å². The van der Waals surface area contributed by atoms with Crippen molar-refractivity contribution in [2.75, 3.05) is 6.54 Å². The third-order valence-corrected chi connectivity index (χ3v) is 4.85. The maximum absolute atomic E-state index is 13.1. The number of aromatic nitrogens is 3. The third kappa shape index (κ3) is 5.57. The molecule has 1 amide bonds. The molecule has 3 aromatic rings. The van der Waals surface area contributed by atoms with Crippen LogP contribution in [0.25, 0.3) is 5.69 Å². The fourth-order valence-corrected chi connectivity index (χ4v) is 3.01. The summed E-state index contributed by atoms with van der Waals surface area (Å²) < 4.78 is 40.3. The van der Waals surface area contributed by atoms with Crippen LogP contribution in [0.5, 0.6) is 0 Å². The van der Waals surface area contributed by atoms with Gasteiger partial charge in [0.05, 0.1) is 17.8 Å². The van der Waals surface area contributed by atoms with Crippen molar-refractivity contribution in [3.63, 3.8) is 0 Å². The Morgan fingerprint density at radius 1 is 1.03 bits per heavy atom. The van der Waals surface area contributed by atoms with Crippen molar-refractivity contribution in [3.05, 3.63) is 91.8 Å². The Bertz CT molecular complexity index is 1260. The highest BCUT2D eigenvalue weighted by molar-refractivity contribution is 5.91. The molecule has 0 radical (unpaired) electrons. The van der Waals surface area contributed by atoms with Gasteiger partial charge in [-0.05, 0) is 42.7 Å². The molecule has 0 unspecified atom stereocenters. The molecule has 7 nitrogen and oxygen atoms in total. The number of carbonyl (C=O) groups excluding carboxylic acids is 1. The van der Waals surface area contributed by atoms with Gasteiger partial charge >= 0.3 is 11.9 Å². The molecule has 0 saturated carbocycles. The molecule has 3 rings (SSSR count). The first-order chi connectivity index (χ1) is 15.5. The monoisotopic (exact) mass is 460 g/mol. The van der Waals surface area contributed by atoms with E-state index >= 15 is 0 Å². The largest absolute Gasteiger partial charge is 0.416 e. The van der Waals surface area contributed by atoms with Crippen LogP contribution >= 0.6 is 0 Å². The molecule has 1 N–H and O–H groups in total. The summed E-state index contributed by atoms with van der Waals surface area (Å²) in [4.78, 5) is 38.7. The summed E-state index contributed by atoms with van der Waals surface area (Å²) in [6.07, 6.45) is -4.51. The summed E-state index contributed by atoms with van der Waals surface area (Å²) in [5.74, 6) is -0.623. The van der Waals surface area contributed by atoms with Crippen LogP contribution in [0.2, 0.25) is 0 Å². The number of nitrogens with zero attached hydrogens (tertiary/aromatic N) is 3. The van der Waals surface area contributed by atoms with Crippen LogP contribution in [-0.2, 0) is 12.7 Å². The average molecular weight is 460 g/mol. The fraction of sp³-hybridized carbons (Fsp3) is 0.304. The predicted molar refractivity (Wildman–Crippen MR) is 117 cm³/mol. The molecule has 0 bridgehead atoms. The lowest BCUT2D eigenvalue weighted by atomic mass is 10.1. The number of alkyl halides is 3. The van der Waals surface area contributed by atoms with Crippen molar-refractivity contribution in [2.24, 2.45) is 5.92 Å². The Balaban J connectivity index is 2.11. The first kappa shape index (κ1) is 24.0. The normalized spacial score (nSPS) is 11.6. The van der Waals surface area contributed by atoms with Crippen LogP contribution in [-0.4, -0.2) is 26.8 Å². The van der Waals surface area contributed by atoms with Gasteiger partial charge in [-0.15, -0.1) is 0 Å². The minimum absolute atomic E-state index is 0.117. The van der Waals surface area contributed by atoms with E-state index in [2.05, 4.69) is 10.4 Å². The van der Waals surface area contributed by atoms with E-state index < -0.39 is 34.6 Å². The summed E-state index contributed by atoms with van der Waals surface area (Å²) in [6, 6.07) is 10.8. The molecule has 0 aliphatic rings. The Labute approximate surface area is 187 Å². The summed E-state index contributed by atoms with van der Waals surface area (Å²) >= 11 is 0. The predicted octanol–water partition coefficient (Wildman–Crippen LogP) is 3.16. The number of hydrogen-bond acceptors (Lipinski definition) is 4. The molecule has 2 aromatic carbocycles. The summed E-state index contributed by atoms with van der Waals surface area (Å²) in [5, 5.41) is 6.61. The quantitative estimate of drug-likeness (QED) is 0.613. The lowest BCUT2D eigenvalue weighted by Crippen LogP contribution is -2.46. The van der Waals surface area contributed by atoms with Gasteiger partial charge in [0, 0.05) is 6.54 Å². The highest BCUT2D eigenvalue weighted by atomic mass is 19.4. The number of amides is 1. The Kier molecular flexibility index (Phi) is 6.85. The van der Waals surface area contributed by atoms with E-state index in [0.29, 0.717) is 12.2 Å². The van der Waals surface area contributed by atoms with Gasteiger partial charge in [-0.2, -0.15) is 23.0 Å². The fourth-order valence-electron chi connectivity index (χ4n) is 3.01. The van der Waals surface area contributed by atoms with Gasteiger partial charge in [-0.3, -0.25) is 14.2 Å². The van der Waals surface area contributed by atoms with E-state index in [1.807, 2.05) is 20.8 Å². The number of halogens is 3. The van der Waals surface area contributed by atoms with Gasteiger partial charge in [0.1, 0.15) is 0 Å². The Morgan fingerprint density at radius 3 is 2.18 bits per heavy atom. The highest BCUT2D eigenvalue weighted by Crippen LogP contribution is 2.29. The van der Waals surface area contributed by atoms with E-state index in [1.165, 1.54) is 12.1 Å². The molecular formula is C23H23F3N4O3. The van der Waals surface area contributed by atoms with Gasteiger partial charge < -0.3 is 5.32 Å². The van der Waals surface area contributed by atoms with Gasteiger partial charge in [0.15, 0.2) is 0 Å². The second-order valence-electron chi connectivity index (χ2n) is 8.07. The topological polar surface area (TPSA) is 86.0 Å². The number of benzene rings is 2. The van der Waals surface area contributed by atoms with Crippen LogP contribution in [0.15, 0.2) is 58.1 Å². The van der Waals surface area contributed by atoms with Gasteiger partial charge in [0.25, 0.3) is 11.5 Å². The number of aryl methyl sites for hydroxylation is 1. The van der Waals surface area contributed by atoms with Crippen LogP contribution < -0.4 is 16.6 Å². The number of hydrogen-bond donors (Lipinski definition) is 1. The zero-order valence-electron chi connectivity index (χ0n) is 18.3. The van der Waals surface area contributed by atoms with Gasteiger partial charge in [0.2, 0.25) is 5.69 Å². The maximum Gasteiger partial charge on any atom is 0.416 e. The zero-order chi connectivity index (χ0) is 24.3. The smallest absolute Gasteiger partial charge is 0.350 e. The number of nitrogens with one attached hydrogen (secondary N) is 1. The molecule has 0 fully saturated rings. The molecule has 0 aliphatic heterocycles. The molecule has 33 heavy (non-hydrogen) atoms. The van der Waals surface area contributed by atoms with Crippen molar-refractivity contribution in [1.29, 1.82) is 0 Å². The van der Waals surface area contributed by atoms with Crippen LogP contribution in [0.3, 0.4) is 0 Å². The molecule has 1 aromatic heterocycles. The summed E-state index contributed by atoms with van der Waals surface area (Å²) in [7, 11) is 0. The molecular weight excluding hydrogens is 437 g/mol. The van der Waals surface area contributed by atoms with E-state index in [-0.39, 0.29) is 18.0 Å². The van der Waals surface area contributed by atoms with E-state index in [0.717, 1.165) is 26.9 Å². The average Bonchev–Trinajstić information content (AvgIpc) is 2.75. The van der Waals surface area contributed by atoms with Crippen molar-refractivity contribution in [1.82, 2.24) is 19.7 Å². The summed E-state index contributed by atoms with van der Waals surface area (Å²) in [6.45, 7) is 5.58. The molecule has 0 saturated heterocycles. The van der Waals surface area contributed by atoms with Crippen LogP contribution in [0.1, 0.15) is 41.0 Å². The van der Waals surface area contributed by atoms with E-state index in [9.17, 15) is 27.6 Å². The maximum atomic E-state index is 13.1. The first-order valence-corrected chi connectivity index (χ1v) is 10.2. The lowest BCUT2D eigenvalue weighted by Gasteiger charge is -2.13. The van der Waals surface area contributed by atoms with Crippen molar-refractivity contribution in [2.45, 2.75) is 33.5 Å². The number of rotatable bonds is 6. The number of carbonyl (C=O) groups is 1. The minimum atomic E-state index is -4.51. The Morgan fingerprint density at radius 2 is 1.64 bits per heavy atom. The molecule has 1 heterocycles. The van der Waals surface area contributed by atoms with Crippen molar-refractivity contribution >= 4 is 5.91 Å². The van der Waals surface area contributed by atoms with Crippen LogP contribution in [0, 0.1) is 12.8 Å². The zero-order valence-corrected chi connectivity index (χ0v) is 18.3. The first-order valence-electron chi connectivity index (χ1n) is 10.2. The van der Waals surface area contributed by atoms with Gasteiger partial charge in [-0.25, -0.2) is 4.79 Å². The lowest BCUT2D eigenvalue weighted by molar-refractivity contribution is -0.137. The van der Waals surface area contributed by atoms with Gasteiger partial charge in [-0.1, -0.05) is 43.7 Å². The highest BCUT2D eigenvalue weighted by Gasteiger charge is 2.30. The summed E-state index contributed by atoms with van der Waals surface area (Å²) in [5.41, 5.74) is -1.52. The standard InChI is InChI=1S/C23H23F3N4O3/c1-14(2)12-27-20(31)19-21(32)29(13-16-6-8-17(9-7-16)23(24,25)26)22(33)30(28-19)18-10-4-15(3)5-11-18/h4-11,14H,12-13H2,1-3H3,(H,27,31). The molecule has 174 valence electrons. The second-order valence-corrected chi connectivity index (χ2v) is 8.07. The molecule has 0 aliphatic carbocycles. The van der Waals surface area contributed by atoms with Crippen molar-refractivity contribution < 1.29 is 18.0 Å². The SMILES string of the molecule is Cc1ccc(-n2nc(C(=O)NCC(C)C)c(=O)n(Cc3ccc(C(F)(F)F)cc3)c2=O)cc1.